The normalized spacial score (nSPS) is 11.2. The van der Waals surface area contributed by atoms with Crippen molar-refractivity contribution >= 4 is 50.1 Å². The zero-order chi connectivity index (χ0) is 27.4. The van der Waals surface area contributed by atoms with Crippen molar-refractivity contribution in [3.63, 3.8) is 0 Å². The number of carbonyl (C=O) groups excluding carboxylic acids is 1. The standard InChI is InChI=1S/C28H22ClN5O4S/c1-2-38-22-13-15-23(16-14-22)39(36,37)33-26-27(32-25-8-4-3-7-24(25)31-26)34-17-5-6-21(18-34)30-28(35)19-9-11-20(29)12-10-19/h3-18H,2H2,1H3,(H-,30,31,33,35)/p+1. The Bertz CT molecular complexity index is 1760. The van der Waals surface area contributed by atoms with Crippen LogP contribution in [0.2, 0.25) is 5.02 Å². The Morgan fingerprint density at radius 1 is 0.923 bits per heavy atom. The first-order valence-corrected chi connectivity index (χ1v) is 13.8. The summed E-state index contributed by atoms with van der Waals surface area (Å²) in [6, 6.07) is 23.2. The molecular weight excluding hydrogens is 538 g/mol. The Balaban J connectivity index is 1.51. The van der Waals surface area contributed by atoms with E-state index < -0.39 is 10.0 Å². The van der Waals surface area contributed by atoms with Crippen LogP contribution in [-0.2, 0) is 10.0 Å². The number of amides is 1. The Morgan fingerprint density at radius 3 is 2.31 bits per heavy atom. The lowest BCUT2D eigenvalue weighted by Gasteiger charge is -2.10. The van der Waals surface area contributed by atoms with Crippen molar-refractivity contribution in [3.05, 3.63) is 108 Å². The van der Waals surface area contributed by atoms with Crippen LogP contribution in [0.15, 0.2) is 102 Å². The van der Waals surface area contributed by atoms with Gasteiger partial charge >= 0.3 is 5.82 Å². The minimum absolute atomic E-state index is 0.0220. The minimum atomic E-state index is -4.01. The number of pyridine rings is 1. The lowest BCUT2D eigenvalue weighted by molar-refractivity contribution is -0.598. The van der Waals surface area contributed by atoms with Gasteiger partial charge < -0.3 is 10.1 Å². The largest absolute Gasteiger partial charge is 0.494 e. The van der Waals surface area contributed by atoms with Crippen LogP contribution in [0.4, 0.5) is 11.5 Å². The van der Waals surface area contributed by atoms with Crippen LogP contribution in [0.5, 0.6) is 5.75 Å². The third-order valence-electron chi connectivity index (χ3n) is 5.64. The molecule has 0 radical (unpaired) electrons. The molecule has 0 aliphatic carbocycles. The summed E-state index contributed by atoms with van der Waals surface area (Å²) < 4.78 is 36.2. The van der Waals surface area contributed by atoms with E-state index in [9.17, 15) is 13.2 Å². The minimum Gasteiger partial charge on any atom is -0.494 e. The number of hydrogen-bond donors (Lipinski definition) is 2. The Morgan fingerprint density at radius 2 is 1.62 bits per heavy atom. The van der Waals surface area contributed by atoms with Gasteiger partial charge in [-0.25, -0.2) is 13.4 Å². The summed E-state index contributed by atoms with van der Waals surface area (Å²) in [6.45, 7) is 2.32. The molecule has 9 nitrogen and oxygen atoms in total. The molecule has 0 aliphatic rings. The summed E-state index contributed by atoms with van der Waals surface area (Å²) >= 11 is 5.92. The molecule has 0 saturated carbocycles. The number of para-hydroxylation sites is 2. The van der Waals surface area contributed by atoms with Crippen molar-refractivity contribution in [1.82, 2.24) is 9.97 Å². The number of carbonyl (C=O) groups is 1. The maximum Gasteiger partial charge on any atom is 0.372 e. The van der Waals surface area contributed by atoms with Crippen molar-refractivity contribution in [1.29, 1.82) is 0 Å². The summed E-state index contributed by atoms with van der Waals surface area (Å²) in [5.74, 6) is 0.487. The highest BCUT2D eigenvalue weighted by Crippen LogP contribution is 2.23. The van der Waals surface area contributed by atoms with Crippen LogP contribution in [0.25, 0.3) is 16.9 Å². The molecule has 5 aromatic rings. The molecule has 0 spiro atoms. The van der Waals surface area contributed by atoms with Gasteiger partial charge in [0.25, 0.3) is 15.9 Å². The number of nitrogens with one attached hydrogen (secondary N) is 2. The van der Waals surface area contributed by atoms with Gasteiger partial charge in [0.15, 0.2) is 0 Å². The lowest BCUT2D eigenvalue weighted by Crippen LogP contribution is -2.34. The number of halogens is 1. The number of sulfonamides is 1. The predicted molar refractivity (Wildman–Crippen MR) is 149 cm³/mol. The maximum atomic E-state index is 13.3. The highest BCUT2D eigenvalue weighted by molar-refractivity contribution is 7.92. The first-order chi connectivity index (χ1) is 18.8. The van der Waals surface area contributed by atoms with Crippen LogP contribution in [-0.4, -0.2) is 30.9 Å². The van der Waals surface area contributed by atoms with Crippen molar-refractivity contribution in [2.45, 2.75) is 11.8 Å². The molecule has 2 aromatic heterocycles. The Hall–Kier alpha value is -4.54. The van der Waals surface area contributed by atoms with Crippen LogP contribution in [0, 0.1) is 0 Å². The number of fused-ring (bicyclic) bond motifs is 1. The van der Waals surface area contributed by atoms with E-state index in [0.717, 1.165) is 0 Å². The molecule has 5 rings (SSSR count). The predicted octanol–water partition coefficient (Wildman–Crippen LogP) is 5.01. The molecular formula is C28H23ClN5O4S+. The second-order valence-electron chi connectivity index (χ2n) is 8.36. The highest BCUT2D eigenvalue weighted by atomic mass is 35.5. The summed E-state index contributed by atoms with van der Waals surface area (Å²) in [5, 5.41) is 3.36. The molecule has 2 N–H and O–H groups in total. The molecule has 0 saturated heterocycles. The van der Waals surface area contributed by atoms with Gasteiger partial charge in [-0.2, -0.15) is 4.57 Å². The number of nitrogens with zero attached hydrogens (tertiary/aromatic N) is 3. The van der Waals surface area contributed by atoms with E-state index in [1.807, 2.05) is 13.0 Å². The second-order valence-corrected chi connectivity index (χ2v) is 10.5. The average Bonchev–Trinajstić information content (AvgIpc) is 2.93. The Kier molecular flexibility index (Phi) is 7.40. The van der Waals surface area contributed by atoms with Gasteiger partial charge in [0.2, 0.25) is 11.3 Å². The molecule has 39 heavy (non-hydrogen) atoms. The summed E-state index contributed by atoms with van der Waals surface area (Å²) in [7, 11) is -4.01. The fraction of sp³-hybridized carbons (Fsp3) is 0.0714. The molecule has 0 fully saturated rings. The number of aromatic nitrogens is 3. The highest BCUT2D eigenvalue weighted by Gasteiger charge is 2.25. The zero-order valence-electron chi connectivity index (χ0n) is 20.7. The summed E-state index contributed by atoms with van der Waals surface area (Å²) in [4.78, 5) is 22.0. The van der Waals surface area contributed by atoms with Gasteiger partial charge in [-0.1, -0.05) is 23.7 Å². The summed E-state index contributed by atoms with van der Waals surface area (Å²) in [5.41, 5.74) is 1.98. The third kappa shape index (κ3) is 5.97. The first kappa shape index (κ1) is 26.1. The van der Waals surface area contributed by atoms with Crippen LogP contribution in [0.1, 0.15) is 17.3 Å². The monoisotopic (exact) mass is 560 g/mol. The van der Waals surface area contributed by atoms with Gasteiger partial charge in [-0.05, 0) is 84.7 Å². The van der Waals surface area contributed by atoms with Crippen LogP contribution in [0.3, 0.4) is 0 Å². The number of ether oxygens (including phenoxy) is 1. The lowest BCUT2D eigenvalue weighted by atomic mass is 10.2. The van der Waals surface area contributed by atoms with E-state index in [1.54, 1.807) is 83.7 Å². The van der Waals surface area contributed by atoms with Gasteiger partial charge in [0.05, 0.1) is 23.4 Å². The van der Waals surface area contributed by atoms with Gasteiger partial charge in [-0.3, -0.25) is 9.52 Å². The van der Waals surface area contributed by atoms with Crippen LogP contribution >= 0.6 is 11.6 Å². The fourth-order valence-corrected chi connectivity index (χ4v) is 4.92. The third-order valence-corrected chi connectivity index (χ3v) is 7.24. The molecule has 196 valence electrons. The molecule has 0 atom stereocenters. The first-order valence-electron chi connectivity index (χ1n) is 11.9. The number of benzene rings is 3. The van der Waals surface area contributed by atoms with Gasteiger partial charge in [0, 0.05) is 10.6 Å². The van der Waals surface area contributed by atoms with E-state index >= 15 is 0 Å². The molecule has 1 amide bonds. The number of rotatable bonds is 8. The van der Waals surface area contributed by atoms with Gasteiger partial charge in [-0.15, -0.1) is 0 Å². The molecule has 11 heteroatoms. The zero-order valence-corrected chi connectivity index (χ0v) is 22.3. The number of hydrogen-bond acceptors (Lipinski definition) is 6. The average molecular weight is 561 g/mol. The summed E-state index contributed by atoms with van der Waals surface area (Å²) in [6.07, 6.45) is 3.31. The Labute approximate surface area is 230 Å². The van der Waals surface area contributed by atoms with Crippen molar-refractivity contribution in [2.75, 3.05) is 16.6 Å². The van der Waals surface area contributed by atoms with E-state index in [0.29, 0.717) is 39.7 Å². The topological polar surface area (TPSA) is 114 Å². The van der Waals surface area contributed by atoms with Crippen LogP contribution < -0.4 is 19.3 Å². The molecule has 3 aromatic carbocycles. The van der Waals surface area contributed by atoms with E-state index in [4.69, 9.17) is 16.3 Å². The molecule has 2 heterocycles. The molecule has 0 unspecified atom stereocenters. The van der Waals surface area contributed by atoms with E-state index in [2.05, 4.69) is 20.0 Å². The fourth-order valence-electron chi connectivity index (χ4n) is 3.79. The smallest absolute Gasteiger partial charge is 0.372 e. The van der Waals surface area contributed by atoms with Gasteiger partial charge in [0.1, 0.15) is 17.5 Å². The van der Waals surface area contributed by atoms with E-state index in [1.165, 1.54) is 12.1 Å². The SMILES string of the molecule is CCOc1ccc(S(=O)(=O)Nc2nc3ccccc3nc2-[n+]2cccc(NC(=O)c3ccc(Cl)cc3)c2)cc1. The van der Waals surface area contributed by atoms with E-state index in [-0.39, 0.29) is 22.4 Å². The maximum absolute atomic E-state index is 13.3. The molecule has 0 aliphatic heterocycles. The molecule has 0 bridgehead atoms. The second kappa shape index (κ2) is 11.1. The van der Waals surface area contributed by atoms with Crippen molar-refractivity contribution in [3.8, 4) is 11.6 Å². The number of anilines is 2. The van der Waals surface area contributed by atoms with Crippen molar-refractivity contribution < 1.29 is 22.5 Å². The quantitative estimate of drug-likeness (QED) is 0.258. The van der Waals surface area contributed by atoms with Crippen molar-refractivity contribution in [2.24, 2.45) is 0 Å².